The van der Waals surface area contributed by atoms with Gasteiger partial charge in [-0.1, -0.05) is 0 Å². The highest BCUT2D eigenvalue weighted by Gasteiger charge is 1.99. The van der Waals surface area contributed by atoms with E-state index in [1.165, 1.54) is 0 Å². The van der Waals surface area contributed by atoms with Crippen LogP contribution in [-0.4, -0.2) is 31.6 Å². The molecule has 1 rings (SSSR count). The van der Waals surface area contributed by atoms with Crippen molar-refractivity contribution in [3.63, 3.8) is 0 Å². The van der Waals surface area contributed by atoms with Crippen LogP contribution < -0.4 is 15.4 Å². The number of amides is 1. The fourth-order valence-electron chi connectivity index (χ4n) is 0.902. The second-order valence-electron chi connectivity index (χ2n) is 2.61. The van der Waals surface area contributed by atoms with Gasteiger partial charge >= 0.3 is 0 Å². The van der Waals surface area contributed by atoms with Crippen LogP contribution in [0.5, 0.6) is 5.88 Å². The number of nitrogens with zero attached hydrogens (tertiary/aromatic N) is 1. The first-order chi connectivity index (χ1) is 6.76. The summed E-state index contributed by atoms with van der Waals surface area (Å²) in [5.74, 6) is 0.452. The lowest BCUT2D eigenvalue weighted by molar-refractivity contribution is -0.118. The summed E-state index contributed by atoms with van der Waals surface area (Å²) >= 11 is 0. The molecule has 0 saturated heterocycles. The molecule has 1 aromatic rings. The van der Waals surface area contributed by atoms with Crippen molar-refractivity contribution in [2.24, 2.45) is 0 Å². The molecule has 0 aliphatic heterocycles. The molecule has 1 amide bonds. The van der Waals surface area contributed by atoms with E-state index in [1.807, 2.05) is 0 Å². The molecule has 5 nitrogen and oxygen atoms in total. The zero-order chi connectivity index (χ0) is 10.4. The number of hydrogen-bond donors (Lipinski definition) is 2. The number of carbonyl (C=O) groups excluding carboxylic acids is 1. The fourth-order valence-corrected chi connectivity index (χ4v) is 0.902. The van der Waals surface area contributed by atoms with Crippen molar-refractivity contribution >= 4 is 11.6 Å². The van der Waals surface area contributed by atoms with Crippen LogP contribution in [0.1, 0.15) is 0 Å². The monoisotopic (exact) mass is 195 g/mol. The Bertz CT molecular complexity index is 315. The highest BCUT2D eigenvalue weighted by Crippen LogP contribution is 2.12. The maximum absolute atomic E-state index is 10.9. The molecule has 0 spiro atoms. The second-order valence-corrected chi connectivity index (χ2v) is 2.61. The van der Waals surface area contributed by atoms with Crippen LogP contribution in [0, 0.1) is 0 Å². The van der Waals surface area contributed by atoms with Crippen LogP contribution in [0.4, 0.5) is 5.69 Å². The molecule has 0 bridgehead atoms. The van der Waals surface area contributed by atoms with E-state index in [-0.39, 0.29) is 12.5 Å². The maximum atomic E-state index is 10.9. The number of ether oxygens (including phenoxy) is 1. The lowest BCUT2D eigenvalue weighted by Gasteiger charge is -2.05. The lowest BCUT2D eigenvalue weighted by atomic mass is 10.4. The quantitative estimate of drug-likeness (QED) is 0.722. The molecule has 0 aromatic carbocycles. The summed E-state index contributed by atoms with van der Waals surface area (Å²) in [5, 5.41) is 5.45. The first kappa shape index (κ1) is 10.3. The largest absolute Gasteiger partial charge is 0.481 e. The maximum Gasteiger partial charge on any atom is 0.239 e. The van der Waals surface area contributed by atoms with Gasteiger partial charge in [0.15, 0.2) is 0 Å². The van der Waals surface area contributed by atoms with E-state index in [4.69, 9.17) is 4.74 Å². The Balaban J connectivity index is 2.54. The molecular formula is C9H13N3O2. The number of aromatic nitrogens is 1. The first-order valence-electron chi connectivity index (χ1n) is 4.20. The van der Waals surface area contributed by atoms with E-state index in [0.29, 0.717) is 5.88 Å². The summed E-state index contributed by atoms with van der Waals surface area (Å²) in [6, 6.07) is 3.49. The SMILES string of the molecule is CNC(=O)CNc1ccnc(OC)c1. The van der Waals surface area contributed by atoms with Crippen molar-refractivity contribution in [2.45, 2.75) is 0 Å². The summed E-state index contributed by atoms with van der Waals surface area (Å²) in [4.78, 5) is 14.9. The Morgan fingerprint density at radius 2 is 2.43 bits per heavy atom. The molecule has 14 heavy (non-hydrogen) atoms. The molecule has 0 atom stereocenters. The normalized spacial score (nSPS) is 9.29. The number of likely N-dealkylation sites (N-methyl/N-ethyl adjacent to an activating group) is 1. The standard InChI is InChI=1S/C9H13N3O2/c1-10-8(13)6-12-7-3-4-11-9(5-7)14-2/h3-5H,6H2,1-2H3,(H,10,13)(H,11,12). The number of rotatable bonds is 4. The first-order valence-corrected chi connectivity index (χ1v) is 4.20. The molecule has 0 unspecified atom stereocenters. The number of nitrogens with one attached hydrogen (secondary N) is 2. The van der Waals surface area contributed by atoms with E-state index in [0.717, 1.165) is 5.69 Å². The van der Waals surface area contributed by atoms with Crippen molar-refractivity contribution in [1.29, 1.82) is 0 Å². The van der Waals surface area contributed by atoms with Crippen LogP contribution in [0.3, 0.4) is 0 Å². The van der Waals surface area contributed by atoms with Crippen molar-refractivity contribution in [3.05, 3.63) is 18.3 Å². The minimum Gasteiger partial charge on any atom is -0.481 e. The summed E-state index contributed by atoms with van der Waals surface area (Å²) < 4.78 is 4.94. The summed E-state index contributed by atoms with van der Waals surface area (Å²) in [6.45, 7) is 0.240. The Labute approximate surface area is 82.5 Å². The number of hydrogen-bond acceptors (Lipinski definition) is 4. The number of methoxy groups -OCH3 is 1. The van der Waals surface area contributed by atoms with Gasteiger partial charge in [0.05, 0.1) is 13.7 Å². The second kappa shape index (κ2) is 5.06. The number of carbonyl (C=O) groups is 1. The van der Waals surface area contributed by atoms with Gasteiger partial charge < -0.3 is 15.4 Å². The predicted molar refractivity (Wildman–Crippen MR) is 53.3 cm³/mol. The molecule has 1 aromatic heterocycles. The summed E-state index contributed by atoms with van der Waals surface area (Å²) in [7, 11) is 3.14. The third-order valence-electron chi connectivity index (χ3n) is 1.68. The Morgan fingerprint density at radius 3 is 3.07 bits per heavy atom. The molecule has 1 heterocycles. The third kappa shape index (κ3) is 2.93. The molecule has 5 heteroatoms. The molecular weight excluding hydrogens is 182 g/mol. The Hall–Kier alpha value is -1.78. The van der Waals surface area contributed by atoms with Crippen molar-refractivity contribution < 1.29 is 9.53 Å². The van der Waals surface area contributed by atoms with Gasteiger partial charge in [-0.2, -0.15) is 0 Å². The van der Waals surface area contributed by atoms with E-state index in [9.17, 15) is 4.79 Å². The van der Waals surface area contributed by atoms with Crippen molar-refractivity contribution in [2.75, 3.05) is 26.0 Å². The zero-order valence-corrected chi connectivity index (χ0v) is 8.20. The van der Waals surface area contributed by atoms with Gasteiger partial charge in [0.1, 0.15) is 0 Å². The predicted octanol–water partition coefficient (Wildman–Crippen LogP) is 0.248. The third-order valence-corrected chi connectivity index (χ3v) is 1.68. The molecule has 0 saturated carbocycles. The smallest absolute Gasteiger partial charge is 0.239 e. The minimum absolute atomic E-state index is 0.0687. The van der Waals surface area contributed by atoms with Gasteiger partial charge in [-0.05, 0) is 6.07 Å². The zero-order valence-electron chi connectivity index (χ0n) is 8.20. The van der Waals surface area contributed by atoms with Gasteiger partial charge in [0, 0.05) is 25.0 Å². The minimum atomic E-state index is -0.0687. The Morgan fingerprint density at radius 1 is 1.64 bits per heavy atom. The van der Waals surface area contributed by atoms with E-state index < -0.39 is 0 Å². The fraction of sp³-hybridized carbons (Fsp3) is 0.333. The van der Waals surface area contributed by atoms with Crippen LogP contribution in [-0.2, 0) is 4.79 Å². The van der Waals surface area contributed by atoms with Crippen LogP contribution in [0.15, 0.2) is 18.3 Å². The summed E-state index contributed by atoms with van der Waals surface area (Å²) in [6.07, 6.45) is 1.62. The van der Waals surface area contributed by atoms with Gasteiger partial charge in [0.2, 0.25) is 11.8 Å². The van der Waals surface area contributed by atoms with Crippen LogP contribution in [0.25, 0.3) is 0 Å². The van der Waals surface area contributed by atoms with Crippen LogP contribution in [0.2, 0.25) is 0 Å². The van der Waals surface area contributed by atoms with E-state index in [1.54, 1.807) is 32.5 Å². The molecule has 0 aliphatic carbocycles. The molecule has 76 valence electrons. The van der Waals surface area contributed by atoms with Gasteiger partial charge in [-0.25, -0.2) is 4.98 Å². The van der Waals surface area contributed by atoms with Gasteiger partial charge in [-0.15, -0.1) is 0 Å². The van der Waals surface area contributed by atoms with Gasteiger partial charge in [-0.3, -0.25) is 4.79 Å². The molecule has 0 fully saturated rings. The lowest BCUT2D eigenvalue weighted by Crippen LogP contribution is -2.26. The average molecular weight is 195 g/mol. The van der Waals surface area contributed by atoms with Crippen molar-refractivity contribution in [3.8, 4) is 5.88 Å². The molecule has 0 radical (unpaired) electrons. The number of pyridine rings is 1. The molecule has 2 N–H and O–H groups in total. The number of anilines is 1. The van der Waals surface area contributed by atoms with Crippen LogP contribution >= 0.6 is 0 Å². The average Bonchev–Trinajstić information content (AvgIpc) is 2.26. The highest BCUT2D eigenvalue weighted by molar-refractivity contribution is 5.80. The van der Waals surface area contributed by atoms with Crippen molar-refractivity contribution in [1.82, 2.24) is 10.3 Å². The molecule has 0 aliphatic rings. The summed E-state index contributed by atoms with van der Waals surface area (Å²) in [5.41, 5.74) is 0.806. The Kier molecular flexibility index (Phi) is 3.72. The highest BCUT2D eigenvalue weighted by atomic mass is 16.5. The van der Waals surface area contributed by atoms with E-state index in [2.05, 4.69) is 15.6 Å². The van der Waals surface area contributed by atoms with E-state index >= 15 is 0 Å². The van der Waals surface area contributed by atoms with Gasteiger partial charge in [0.25, 0.3) is 0 Å². The topological polar surface area (TPSA) is 63.2 Å².